The average molecular weight is 338 g/mol. The Morgan fingerprint density at radius 3 is 2.96 bits per heavy atom. The summed E-state index contributed by atoms with van der Waals surface area (Å²) in [5, 5.41) is 23.9. The van der Waals surface area contributed by atoms with Crippen LogP contribution in [0.4, 0.5) is 0 Å². The second-order valence-corrected chi connectivity index (χ2v) is 6.39. The maximum atomic E-state index is 12.7. The minimum absolute atomic E-state index is 0.0737. The zero-order valence-corrected chi connectivity index (χ0v) is 13.5. The van der Waals surface area contributed by atoms with Crippen molar-refractivity contribution in [2.45, 2.75) is 31.4 Å². The topological polar surface area (TPSA) is 105 Å². The molecule has 0 radical (unpaired) electrons. The van der Waals surface area contributed by atoms with Crippen LogP contribution in [0.1, 0.15) is 28.9 Å². The van der Waals surface area contributed by atoms with Crippen LogP contribution in [0.25, 0.3) is 5.65 Å². The number of hydrogen-bond donors (Lipinski definition) is 2. The first kappa shape index (κ1) is 15.6. The molecule has 8 heteroatoms. The van der Waals surface area contributed by atoms with E-state index in [2.05, 4.69) is 25.8 Å². The van der Waals surface area contributed by atoms with E-state index in [9.17, 15) is 9.90 Å². The number of carbonyl (C=O) groups is 1. The number of tetrazole rings is 1. The van der Waals surface area contributed by atoms with Gasteiger partial charge in [0.2, 0.25) is 0 Å². The number of rotatable bonds is 5. The molecule has 3 aromatic rings. The minimum Gasteiger partial charge on any atom is -0.393 e. The molecule has 25 heavy (non-hydrogen) atoms. The van der Waals surface area contributed by atoms with Crippen LogP contribution in [-0.2, 0) is 6.42 Å². The summed E-state index contributed by atoms with van der Waals surface area (Å²) in [7, 11) is 0. The van der Waals surface area contributed by atoms with Crippen molar-refractivity contribution in [1.29, 1.82) is 0 Å². The van der Waals surface area contributed by atoms with Gasteiger partial charge in [-0.3, -0.25) is 9.78 Å². The molecule has 1 fully saturated rings. The first-order valence-corrected chi connectivity index (χ1v) is 8.25. The van der Waals surface area contributed by atoms with Crippen LogP contribution in [0.3, 0.4) is 0 Å². The molecule has 0 spiro atoms. The Balaban J connectivity index is 1.51. The number of nitrogens with zero attached hydrogens (tertiary/aromatic N) is 5. The van der Waals surface area contributed by atoms with Crippen molar-refractivity contribution in [3.05, 3.63) is 54.0 Å². The molecule has 4 rings (SSSR count). The fourth-order valence-corrected chi connectivity index (χ4v) is 3.17. The number of pyridine rings is 2. The molecule has 0 aromatic carbocycles. The third-order valence-corrected chi connectivity index (χ3v) is 4.64. The third kappa shape index (κ3) is 3.34. The molecule has 1 aliphatic carbocycles. The van der Waals surface area contributed by atoms with E-state index in [0.29, 0.717) is 30.5 Å². The largest absolute Gasteiger partial charge is 0.393 e. The number of fused-ring (bicyclic) bond motifs is 1. The number of aliphatic hydroxyl groups is 1. The lowest BCUT2D eigenvalue weighted by molar-refractivity contribution is 0.0237. The van der Waals surface area contributed by atoms with Crippen LogP contribution in [0.5, 0.6) is 0 Å². The van der Waals surface area contributed by atoms with E-state index in [1.165, 1.54) is 4.52 Å². The Labute approximate surface area is 143 Å². The molecule has 8 nitrogen and oxygen atoms in total. The molecule has 3 heterocycles. The highest BCUT2D eigenvalue weighted by molar-refractivity contribution is 5.94. The maximum Gasteiger partial charge on any atom is 0.253 e. The van der Waals surface area contributed by atoms with Crippen molar-refractivity contribution in [3.8, 4) is 0 Å². The highest BCUT2D eigenvalue weighted by atomic mass is 16.3. The summed E-state index contributed by atoms with van der Waals surface area (Å²) in [6, 6.07) is 9.08. The molecule has 0 unspecified atom stereocenters. The second kappa shape index (κ2) is 6.56. The zero-order valence-electron chi connectivity index (χ0n) is 13.5. The van der Waals surface area contributed by atoms with Gasteiger partial charge in [-0.1, -0.05) is 6.07 Å². The smallest absolute Gasteiger partial charge is 0.253 e. The quantitative estimate of drug-likeness (QED) is 0.707. The van der Waals surface area contributed by atoms with Gasteiger partial charge in [-0.05, 0) is 53.5 Å². The summed E-state index contributed by atoms with van der Waals surface area (Å²) in [6.45, 7) is 0. The van der Waals surface area contributed by atoms with E-state index in [0.717, 1.165) is 5.69 Å². The minimum atomic E-state index is -0.272. The third-order valence-electron chi connectivity index (χ3n) is 4.64. The van der Waals surface area contributed by atoms with Gasteiger partial charge in [0, 0.05) is 30.6 Å². The number of amides is 1. The monoisotopic (exact) mass is 338 g/mol. The normalized spacial score (nSPS) is 20.8. The number of hydrogen-bond acceptors (Lipinski definition) is 6. The fraction of sp³-hybridized carbons (Fsp3) is 0.353. The summed E-state index contributed by atoms with van der Waals surface area (Å²) >= 11 is 0. The van der Waals surface area contributed by atoms with Crippen LogP contribution in [0, 0.1) is 5.92 Å². The molecule has 2 N–H and O–H groups in total. The van der Waals surface area contributed by atoms with Crippen molar-refractivity contribution in [2.24, 2.45) is 5.92 Å². The van der Waals surface area contributed by atoms with Gasteiger partial charge in [0.05, 0.1) is 11.7 Å². The molecule has 0 bridgehead atoms. The van der Waals surface area contributed by atoms with Gasteiger partial charge in [-0.2, -0.15) is 4.52 Å². The lowest BCUT2D eigenvalue weighted by Crippen LogP contribution is -2.48. The van der Waals surface area contributed by atoms with Gasteiger partial charge < -0.3 is 10.4 Å². The van der Waals surface area contributed by atoms with E-state index in [1.807, 2.05) is 18.2 Å². The molecule has 128 valence electrons. The Bertz CT molecular complexity index is 875. The van der Waals surface area contributed by atoms with Gasteiger partial charge in [-0.25, -0.2) is 0 Å². The van der Waals surface area contributed by atoms with Crippen molar-refractivity contribution < 1.29 is 9.90 Å². The Morgan fingerprint density at radius 2 is 2.20 bits per heavy atom. The molecule has 1 saturated carbocycles. The highest BCUT2D eigenvalue weighted by Gasteiger charge is 2.35. The lowest BCUT2D eigenvalue weighted by Gasteiger charge is -2.38. The standard InChI is InChI=1S/C17H18N6O2/c24-14-7-12(8-14)15(9-13-3-1-2-6-18-13)19-17(25)11-4-5-16-20-21-22-23(16)10-11/h1-6,10,12,14-15,24H,7-9H2,(H,19,25)/t12?,14?,15-/m0/s1. The Morgan fingerprint density at radius 1 is 1.32 bits per heavy atom. The summed E-state index contributed by atoms with van der Waals surface area (Å²) < 4.78 is 1.47. The van der Waals surface area contributed by atoms with Crippen molar-refractivity contribution in [1.82, 2.24) is 30.3 Å². The van der Waals surface area contributed by atoms with Gasteiger partial charge in [0.25, 0.3) is 5.91 Å². The molecule has 1 amide bonds. The fourth-order valence-electron chi connectivity index (χ4n) is 3.17. The Kier molecular flexibility index (Phi) is 4.10. The van der Waals surface area contributed by atoms with Gasteiger partial charge >= 0.3 is 0 Å². The molecule has 1 atom stereocenters. The summed E-state index contributed by atoms with van der Waals surface area (Å²) in [6.07, 6.45) is 5.11. The van der Waals surface area contributed by atoms with E-state index >= 15 is 0 Å². The number of nitrogens with one attached hydrogen (secondary N) is 1. The van der Waals surface area contributed by atoms with Crippen LogP contribution in [0.15, 0.2) is 42.7 Å². The Hall–Kier alpha value is -2.87. The summed E-state index contributed by atoms with van der Waals surface area (Å²) in [5.74, 6) is 0.0671. The predicted molar refractivity (Wildman–Crippen MR) is 88.7 cm³/mol. The van der Waals surface area contributed by atoms with Crippen LogP contribution < -0.4 is 5.32 Å². The van der Waals surface area contributed by atoms with Crippen LogP contribution >= 0.6 is 0 Å². The van der Waals surface area contributed by atoms with Gasteiger partial charge in [0.15, 0.2) is 5.65 Å². The van der Waals surface area contributed by atoms with E-state index in [1.54, 1.807) is 24.5 Å². The van der Waals surface area contributed by atoms with E-state index in [-0.39, 0.29) is 24.0 Å². The number of aromatic nitrogens is 5. The van der Waals surface area contributed by atoms with E-state index < -0.39 is 0 Å². The average Bonchev–Trinajstić information content (AvgIpc) is 3.07. The van der Waals surface area contributed by atoms with Crippen molar-refractivity contribution in [2.75, 3.05) is 0 Å². The highest BCUT2D eigenvalue weighted by Crippen LogP contribution is 2.31. The predicted octanol–water partition coefficient (Wildman–Crippen LogP) is 0.631. The van der Waals surface area contributed by atoms with Crippen LogP contribution in [0.2, 0.25) is 0 Å². The molecule has 3 aromatic heterocycles. The lowest BCUT2D eigenvalue weighted by atomic mass is 9.76. The van der Waals surface area contributed by atoms with Crippen molar-refractivity contribution in [3.63, 3.8) is 0 Å². The molecular weight excluding hydrogens is 320 g/mol. The summed E-state index contributed by atoms with van der Waals surface area (Å²) in [4.78, 5) is 17.0. The van der Waals surface area contributed by atoms with Crippen LogP contribution in [-0.4, -0.2) is 48.2 Å². The second-order valence-electron chi connectivity index (χ2n) is 6.39. The first-order valence-electron chi connectivity index (χ1n) is 8.25. The van der Waals surface area contributed by atoms with Gasteiger partial charge in [-0.15, -0.1) is 5.10 Å². The molecule has 1 aliphatic rings. The number of aliphatic hydroxyl groups excluding tert-OH is 1. The summed E-state index contributed by atoms with van der Waals surface area (Å²) in [5.41, 5.74) is 2.00. The molecule has 0 aliphatic heterocycles. The van der Waals surface area contributed by atoms with Crippen molar-refractivity contribution >= 4 is 11.6 Å². The molecule has 0 saturated heterocycles. The number of carbonyl (C=O) groups excluding carboxylic acids is 1. The first-order chi connectivity index (χ1) is 12.2. The SMILES string of the molecule is O=C(N[C@@H](Cc1ccccn1)C1CC(O)C1)c1ccc2nnnn2c1. The molecular formula is C17H18N6O2. The maximum absolute atomic E-state index is 12.7. The van der Waals surface area contributed by atoms with E-state index in [4.69, 9.17) is 0 Å². The zero-order chi connectivity index (χ0) is 17.2. The van der Waals surface area contributed by atoms with Gasteiger partial charge in [0.1, 0.15) is 0 Å².